The first-order chi connectivity index (χ1) is 6.09. The molecule has 0 saturated carbocycles. The summed E-state index contributed by atoms with van der Waals surface area (Å²) in [5.41, 5.74) is 1.03. The number of carbonyl (C=O) groups excluding carboxylic acids is 1. The number of carbonyl (C=O) groups is 1. The first-order valence-corrected chi connectivity index (χ1v) is 4.70. The second-order valence-corrected chi connectivity index (χ2v) is 3.70. The molecule has 1 aromatic carbocycles. The van der Waals surface area contributed by atoms with Crippen molar-refractivity contribution in [2.45, 2.75) is 13.0 Å². The Morgan fingerprint density at radius 3 is 2.46 bits per heavy atom. The maximum atomic E-state index is 10.6. The van der Waals surface area contributed by atoms with Gasteiger partial charge in [0, 0.05) is 4.47 Å². The first-order valence-electron chi connectivity index (χ1n) is 3.91. The third-order valence-electron chi connectivity index (χ3n) is 1.73. The van der Waals surface area contributed by atoms with Crippen molar-refractivity contribution in [2.75, 3.05) is 0 Å². The van der Waals surface area contributed by atoms with E-state index in [9.17, 15) is 4.79 Å². The molecule has 3 heteroatoms. The standard InChI is InChI=1S/C10H10BrNO/c1-7(12-8(2)13)9-3-5-10(11)6-4-9/h2-7H,1H3,(H,12,13). The fourth-order valence-electron chi connectivity index (χ4n) is 1.05. The molecule has 0 aliphatic heterocycles. The van der Waals surface area contributed by atoms with Crippen LogP contribution in [-0.4, -0.2) is 5.91 Å². The van der Waals surface area contributed by atoms with Gasteiger partial charge in [0.05, 0.1) is 13.0 Å². The van der Waals surface area contributed by atoms with E-state index >= 15 is 0 Å². The van der Waals surface area contributed by atoms with Gasteiger partial charge in [0.2, 0.25) is 5.91 Å². The Morgan fingerprint density at radius 1 is 1.46 bits per heavy atom. The molecule has 0 fully saturated rings. The molecule has 1 amide bonds. The second kappa shape index (κ2) is 4.42. The van der Waals surface area contributed by atoms with Crippen molar-refractivity contribution in [3.8, 4) is 0 Å². The number of halogens is 1. The highest BCUT2D eigenvalue weighted by molar-refractivity contribution is 9.10. The monoisotopic (exact) mass is 239 g/mol. The van der Waals surface area contributed by atoms with Gasteiger partial charge in [0.25, 0.3) is 0 Å². The van der Waals surface area contributed by atoms with Gasteiger partial charge < -0.3 is 5.32 Å². The average molecular weight is 240 g/mol. The predicted octanol–water partition coefficient (Wildman–Crippen LogP) is 2.34. The Kier molecular flexibility index (Phi) is 3.48. The summed E-state index contributed by atoms with van der Waals surface area (Å²) in [6, 6.07) is 7.67. The van der Waals surface area contributed by atoms with Crippen LogP contribution < -0.4 is 5.32 Å². The summed E-state index contributed by atoms with van der Waals surface area (Å²) in [6.45, 7) is 6.88. The minimum atomic E-state index is -0.504. The summed E-state index contributed by atoms with van der Waals surface area (Å²) in [7, 11) is 0. The summed E-state index contributed by atoms with van der Waals surface area (Å²) < 4.78 is 1.02. The molecule has 1 unspecified atom stereocenters. The highest BCUT2D eigenvalue weighted by atomic mass is 79.9. The summed E-state index contributed by atoms with van der Waals surface area (Å²) in [4.78, 5) is 10.6. The van der Waals surface area contributed by atoms with Gasteiger partial charge in [-0.05, 0) is 24.6 Å². The van der Waals surface area contributed by atoms with E-state index in [1.165, 1.54) is 0 Å². The van der Waals surface area contributed by atoms with Crippen LogP contribution in [0.2, 0.25) is 0 Å². The van der Waals surface area contributed by atoms with E-state index in [1.807, 2.05) is 31.2 Å². The van der Waals surface area contributed by atoms with Crippen LogP contribution in [0, 0.1) is 6.92 Å². The van der Waals surface area contributed by atoms with Gasteiger partial charge in [0.1, 0.15) is 0 Å². The lowest BCUT2D eigenvalue weighted by Gasteiger charge is -2.12. The molecule has 0 aliphatic carbocycles. The van der Waals surface area contributed by atoms with Crippen molar-refractivity contribution < 1.29 is 4.79 Å². The van der Waals surface area contributed by atoms with Crippen molar-refractivity contribution in [2.24, 2.45) is 0 Å². The van der Waals surface area contributed by atoms with Gasteiger partial charge in [0.15, 0.2) is 0 Å². The molecule has 1 aromatic rings. The molecule has 1 atom stereocenters. The number of nitrogens with one attached hydrogen (secondary N) is 1. The zero-order valence-corrected chi connectivity index (χ0v) is 8.84. The minimum absolute atomic E-state index is 0.0504. The zero-order chi connectivity index (χ0) is 9.84. The van der Waals surface area contributed by atoms with E-state index in [2.05, 4.69) is 21.2 Å². The van der Waals surface area contributed by atoms with E-state index in [0.717, 1.165) is 10.0 Å². The molecule has 0 aliphatic rings. The molecule has 0 spiro atoms. The van der Waals surface area contributed by atoms with Crippen LogP contribution in [0.25, 0.3) is 0 Å². The predicted molar refractivity (Wildman–Crippen MR) is 55.0 cm³/mol. The molecule has 68 valence electrons. The summed E-state index contributed by atoms with van der Waals surface area (Å²) in [5, 5.41) is 2.60. The van der Waals surface area contributed by atoms with Crippen LogP contribution in [0.15, 0.2) is 28.7 Å². The van der Waals surface area contributed by atoms with E-state index in [1.54, 1.807) is 0 Å². The third-order valence-corrected chi connectivity index (χ3v) is 2.26. The quantitative estimate of drug-likeness (QED) is 0.844. The van der Waals surface area contributed by atoms with Crippen LogP contribution in [0.3, 0.4) is 0 Å². The Balaban J connectivity index is 2.71. The van der Waals surface area contributed by atoms with Crippen LogP contribution in [0.5, 0.6) is 0 Å². The molecule has 2 radical (unpaired) electrons. The van der Waals surface area contributed by atoms with Crippen LogP contribution >= 0.6 is 15.9 Å². The van der Waals surface area contributed by atoms with Crippen molar-refractivity contribution in [3.63, 3.8) is 0 Å². The fourth-order valence-corrected chi connectivity index (χ4v) is 1.31. The van der Waals surface area contributed by atoms with Crippen LogP contribution in [-0.2, 0) is 4.79 Å². The zero-order valence-electron chi connectivity index (χ0n) is 7.25. The number of hydrogen-bond donors (Lipinski definition) is 1. The number of amides is 1. The van der Waals surface area contributed by atoms with Crippen LogP contribution in [0.4, 0.5) is 0 Å². The third kappa shape index (κ3) is 3.19. The fraction of sp³-hybridized carbons (Fsp3) is 0.200. The summed E-state index contributed by atoms with van der Waals surface area (Å²) in [5.74, 6) is -0.504. The normalized spacial score (nSPS) is 12.2. The average Bonchev–Trinajstić information content (AvgIpc) is 2.04. The molecule has 0 aromatic heterocycles. The Bertz CT molecular complexity index is 294. The molecule has 2 nitrogen and oxygen atoms in total. The molecule has 1 rings (SSSR count). The van der Waals surface area contributed by atoms with E-state index < -0.39 is 5.91 Å². The van der Waals surface area contributed by atoms with Crippen molar-refractivity contribution in [1.82, 2.24) is 5.32 Å². The van der Waals surface area contributed by atoms with Crippen LogP contribution in [0.1, 0.15) is 18.5 Å². The Morgan fingerprint density at radius 2 is 2.00 bits per heavy atom. The maximum Gasteiger partial charge on any atom is 0.225 e. The molecular weight excluding hydrogens is 230 g/mol. The molecule has 13 heavy (non-hydrogen) atoms. The Hall–Kier alpha value is -0.830. The lowest BCUT2D eigenvalue weighted by Crippen LogP contribution is -2.23. The van der Waals surface area contributed by atoms with Gasteiger partial charge in [-0.2, -0.15) is 0 Å². The summed E-state index contributed by atoms with van der Waals surface area (Å²) >= 11 is 3.33. The molecular formula is C10H10BrNO. The first kappa shape index (κ1) is 10.3. The Labute approximate surface area is 86.5 Å². The van der Waals surface area contributed by atoms with E-state index in [-0.39, 0.29) is 6.04 Å². The largest absolute Gasteiger partial charge is 0.349 e. The lowest BCUT2D eigenvalue weighted by atomic mass is 10.1. The number of hydrogen-bond acceptors (Lipinski definition) is 1. The molecule has 0 bridgehead atoms. The highest BCUT2D eigenvalue weighted by Crippen LogP contribution is 2.16. The lowest BCUT2D eigenvalue weighted by molar-refractivity contribution is -0.117. The topological polar surface area (TPSA) is 29.1 Å². The van der Waals surface area contributed by atoms with Gasteiger partial charge in [-0.1, -0.05) is 28.1 Å². The van der Waals surface area contributed by atoms with Gasteiger partial charge >= 0.3 is 0 Å². The van der Waals surface area contributed by atoms with E-state index in [4.69, 9.17) is 6.92 Å². The van der Waals surface area contributed by atoms with E-state index in [0.29, 0.717) is 0 Å². The SMILES string of the molecule is [CH]C(=O)NC(C)c1ccc(Br)cc1. The van der Waals surface area contributed by atoms with Gasteiger partial charge in [-0.25, -0.2) is 0 Å². The molecule has 0 saturated heterocycles. The summed E-state index contributed by atoms with van der Waals surface area (Å²) in [6.07, 6.45) is 0. The molecule has 1 N–H and O–H groups in total. The van der Waals surface area contributed by atoms with Gasteiger partial charge in [-0.3, -0.25) is 4.79 Å². The smallest absolute Gasteiger partial charge is 0.225 e. The van der Waals surface area contributed by atoms with Crippen molar-refractivity contribution in [3.05, 3.63) is 41.2 Å². The number of rotatable bonds is 2. The van der Waals surface area contributed by atoms with Gasteiger partial charge in [-0.15, -0.1) is 0 Å². The number of benzene rings is 1. The second-order valence-electron chi connectivity index (χ2n) is 2.78. The highest BCUT2D eigenvalue weighted by Gasteiger charge is 2.05. The maximum absolute atomic E-state index is 10.6. The molecule has 0 heterocycles. The van der Waals surface area contributed by atoms with Crippen molar-refractivity contribution in [1.29, 1.82) is 0 Å². The minimum Gasteiger partial charge on any atom is -0.349 e. The van der Waals surface area contributed by atoms with Crippen molar-refractivity contribution >= 4 is 21.8 Å².